The van der Waals surface area contributed by atoms with Crippen molar-refractivity contribution in [3.05, 3.63) is 42.2 Å². The number of fused-ring (bicyclic) bond motifs is 1. The number of nitrogens with zero attached hydrogens (tertiary/aromatic N) is 5. The van der Waals surface area contributed by atoms with Gasteiger partial charge in [0.25, 0.3) is 0 Å². The first kappa shape index (κ1) is 22.8. The van der Waals surface area contributed by atoms with Crippen LogP contribution in [-0.4, -0.2) is 55.8 Å². The summed E-state index contributed by atoms with van der Waals surface area (Å²) in [7, 11) is 2.10. The van der Waals surface area contributed by atoms with Crippen LogP contribution in [0.1, 0.15) is 46.2 Å². The Morgan fingerprint density at radius 2 is 1.79 bits per heavy atom. The summed E-state index contributed by atoms with van der Waals surface area (Å²) < 4.78 is 2.05. The zero-order valence-corrected chi connectivity index (χ0v) is 20.8. The van der Waals surface area contributed by atoms with Gasteiger partial charge in [0.1, 0.15) is 5.75 Å². The molecular formula is C26H35N7O. The second kappa shape index (κ2) is 8.36. The number of anilines is 1. The lowest BCUT2D eigenvalue weighted by Crippen LogP contribution is -2.62. The summed E-state index contributed by atoms with van der Waals surface area (Å²) in [4.78, 5) is 2.24. The monoisotopic (exact) mass is 461 g/mol. The van der Waals surface area contributed by atoms with E-state index < -0.39 is 0 Å². The fraction of sp³-hybridized carbons (Fsp3) is 0.500. The Balaban J connectivity index is 1.41. The summed E-state index contributed by atoms with van der Waals surface area (Å²) in [5.74, 6) is 1.04. The van der Waals surface area contributed by atoms with E-state index in [0.29, 0.717) is 17.3 Å². The maximum Gasteiger partial charge on any atom is 0.151 e. The molecule has 0 amide bonds. The van der Waals surface area contributed by atoms with Crippen LogP contribution in [0.2, 0.25) is 0 Å². The first-order valence-electron chi connectivity index (χ1n) is 12.1. The largest absolute Gasteiger partial charge is 0.507 e. The number of benzene rings is 1. The highest BCUT2D eigenvalue weighted by Crippen LogP contribution is 2.36. The molecular weight excluding hydrogens is 426 g/mol. The van der Waals surface area contributed by atoms with E-state index in [9.17, 15) is 5.11 Å². The third kappa shape index (κ3) is 4.40. The highest BCUT2D eigenvalue weighted by atomic mass is 16.3. The molecule has 0 saturated carbocycles. The minimum Gasteiger partial charge on any atom is -0.507 e. The first-order chi connectivity index (χ1) is 16.1. The predicted octanol–water partition coefficient (Wildman–Crippen LogP) is 3.56. The topological polar surface area (TPSA) is 91.1 Å². The lowest BCUT2D eigenvalue weighted by molar-refractivity contribution is 0.160. The Morgan fingerprint density at radius 1 is 1.03 bits per heavy atom. The average Bonchev–Trinajstić information content (AvgIpc) is 3.21. The molecule has 1 saturated heterocycles. The molecule has 3 aromatic rings. The summed E-state index contributed by atoms with van der Waals surface area (Å²) in [6.45, 7) is 11.6. The number of hydrogen-bond donors (Lipinski definition) is 3. The number of piperidine rings is 1. The number of aromatic hydroxyl groups is 1. The van der Waals surface area contributed by atoms with Gasteiger partial charge in [-0.05, 0) is 70.4 Å². The van der Waals surface area contributed by atoms with Crippen LogP contribution in [0.25, 0.3) is 22.4 Å². The molecule has 5 rings (SSSR count). The third-order valence-corrected chi connectivity index (χ3v) is 7.05. The summed E-state index contributed by atoms with van der Waals surface area (Å²) in [6.07, 6.45) is 3.97. The van der Waals surface area contributed by atoms with Gasteiger partial charge in [0.05, 0.1) is 24.1 Å². The molecule has 34 heavy (non-hydrogen) atoms. The molecule has 0 spiro atoms. The number of aromatic nitrogens is 4. The third-order valence-electron chi connectivity index (χ3n) is 7.05. The van der Waals surface area contributed by atoms with Gasteiger partial charge >= 0.3 is 0 Å². The van der Waals surface area contributed by atoms with Crippen LogP contribution in [0.15, 0.2) is 36.5 Å². The Hall–Kier alpha value is -2.97. The maximum atomic E-state index is 10.6. The van der Waals surface area contributed by atoms with Gasteiger partial charge in [-0.3, -0.25) is 4.68 Å². The standard InChI is InChI=1S/C26H35N7O/c1-25(2)13-18(14-26(3,4)31-25)32(5)24-9-7-21(29-30-24)19-12-17(6-8-23(19)34)20-15-28-33-11-10-27-16-22(20)33/h6-9,12,15,18,27,31,34H,10-11,13-14,16H2,1-5H3. The maximum absolute atomic E-state index is 10.6. The second-order valence-electron chi connectivity index (χ2n) is 11.0. The zero-order valence-electron chi connectivity index (χ0n) is 20.8. The quantitative estimate of drug-likeness (QED) is 0.547. The van der Waals surface area contributed by atoms with Crippen LogP contribution in [0.3, 0.4) is 0 Å². The Labute approximate surface area is 201 Å². The van der Waals surface area contributed by atoms with E-state index in [-0.39, 0.29) is 16.8 Å². The van der Waals surface area contributed by atoms with Gasteiger partial charge in [-0.15, -0.1) is 10.2 Å². The van der Waals surface area contributed by atoms with E-state index in [1.54, 1.807) is 6.07 Å². The minimum atomic E-state index is 0.0585. The SMILES string of the molecule is CN(c1ccc(-c2cc(-c3cnn4c3CNCC4)ccc2O)nn1)C1CC(C)(C)NC(C)(C)C1. The highest BCUT2D eigenvalue weighted by Gasteiger charge is 2.39. The normalized spacial score (nSPS) is 19.6. The molecule has 3 N–H and O–H groups in total. The molecule has 1 fully saturated rings. The van der Waals surface area contributed by atoms with E-state index in [2.05, 4.69) is 65.6 Å². The molecule has 8 heteroatoms. The second-order valence-corrected chi connectivity index (χ2v) is 11.0. The van der Waals surface area contributed by atoms with Crippen LogP contribution in [0.4, 0.5) is 5.82 Å². The summed E-state index contributed by atoms with van der Waals surface area (Å²) in [5, 5.41) is 31.3. The van der Waals surface area contributed by atoms with Gasteiger partial charge in [0, 0.05) is 48.4 Å². The van der Waals surface area contributed by atoms with Gasteiger partial charge < -0.3 is 20.6 Å². The van der Waals surface area contributed by atoms with E-state index in [1.807, 2.05) is 35.1 Å². The van der Waals surface area contributed by atoms with Crippen molar-refractivity contribution in [1.29, 1.82) is 0 Å². The van der Waals surface area contributed by atoms with E-state index in [4.69, 9.17) is 0 Å². The van der Waals surface area contributed by atoms with Crippen molar-refractivity contribution < 1.29 is 5.11 Å². The summed E-state index contributed by atoms with van der Waals surface area (Å²) in [5.41, 5.74) is 4.70. The van der Waals surface area contributed by atoms with Crippen LogP contribution < -0.4 is 15.5 Å². The van der Waals surface area contributed by atoms with E-state index >= 15 is 0 Å². The molecule has 4 heterocycles. The van der Waals surface area contributed by atoms with Crippen LogP contribution in [0, 0.1) is 0 Å². The summed E-state index contributed by atoms with van der Waals surface area (Å²) in [6, 6.07) is 9.96. The Bertz CT molecular complexity index is 1170. The smallest absolute Gasteiger partial charge is 0.151 e. The lowest BCUT2D eigenvalue weighted by atomic mass is 9.79. The van der Waals surface area contributed by atoms with Crippen molar-refractivity contribution in [3.63, 3.8) is 0 Å². The van der Waals surface area contributed by atoms with Crippen molar-refractivity contribution >= 4 is 5.82 Å². The molecule has 1 aromatic carbocycles. The molecule has 2 aliphatic rings. The highest BCUT2D eigenvalue weighted by molar-refractivity contribution is 5.76. The molecule has 0 radical (unpaired) electrons. The molecule has 0 bridgehead atoms. The zero-order chi connectivity index (χ0) is 24.1. The van der Waals surface area contributed by atoms with Crippen molar-refractivity contribution in [2.45, 2.75) is 70.7 Å². The van der Waals surface area contributed by atoms with Gasteiger partial charge in [-0.1, -0.05) is 6.07 Å². The van der Waals surface area contributed by atoms with Crippen molar-refractivity contribution in [2.75, 3.05) is 18.5 Å². The molecule has 2 aromatic heterocycles. The van der Waals surface area contributed by atoms with E-state index in [1.165, 1.54) is 5.69 Å². The van der Waals surface area contributed by atoms with Gasteiger partial charge in [0.15, 0.2) is 5.82 Å². The Morgan fingerprint density at radius 3 is 2.50 bits per heavy atom. The van der Waals surface area contributed by atoms with Crippen LogP contribution >= 0.6 is 0 Å². The molecule has 0 atom stereocenters. The fourth-order valence-electron chi connectivity index (χ4n) is 5.72. The molecule has 0 aliphatic carbocycles. The van der Waals surface area contributed by atoms with Crippen molar-refractivity contribution in [1.82, 2.24) is 30.6 Å². The fourth-order valence-corrected chi connectivity index (χ4v) is 5.72. The van der Waals surface area contributed by atoms with Gasteiger partial charge in [-0.25, -0.2) is 0 Å². The number of phenolic OH excluding ortho intramolecular Hbond substituents is 1. The summed E-state index contributed by atoms with van der Waals surface area (Å²) >= 11 is 0. The van der Waals surface area contributed by atoms with Crippen molar-refractivity contribution in [2.24, 2.45) is 0 Å². The molecule has 0 unspecified atom stereocenters. The predicted molar refractivity (Wildman–Crippen MR) is 135 cm³/mol. The Kier molecular flexibility index (Phi) is 5.61. The van der Waals surface area contributed by atoms with Crippen molar-refractivity contribution in [3.8, 4) is 28.1 Å². The molecule has 180 valence electrons. The number of hydrogen-bond acceptors (Lipinski definition) is 7. The van der Waals surface area contributed by atoms with Gasteiger partial charge in [-0.2, -0.15) is 5.10 Å². The lowest BCUT2D eigenvalue weighted by Gasteiger charge is -2.49. The average molecular weight is 462 g/mol. The van der Waals surface area contributed by atoms with Crippen LogP contribution in [-0.2, 0) is 13.1 Å². The number of nitrogens with one attached hydrogen (secondary N) is 2. The molecule has 8 nitrogen and oxygen atoms in total. The van der Waals surface area contributed by atoms with E-state index in [0.717, 1.165) is 49.4 Å². The number of rotatable bonds is 4. The van der Waals surface area contributed by atoms with Crippen LogP contribution in [0.5, 0.6) is 5.75 Å². The number of phenols is 1. The first-order valence-corrected chi connectivity index (χ1v) is 12.1. The van der Waals surface area contributed by atoms with Gasteiger partial charge in [0.2, 0.25) is 0 Å². The molecule has 2 aliphatic heterocycles. The minimum absolute atomic E-state index is 0.0585.